The third kappa shape index (κ3) is 5.16. The third-order valence-electron chi connectivity index (χ3n) is 5.53. The number of anilines is 2. The maximum atomic E-state index is 14.9. The second-order valence-electron chi connectivity index (χ2n) is 8.04. The largest absolute Gasteiger partial charge is 0.351 e. The number of urea groups is 1. The van der Waals surface area contributed by atoms with E-state index < -0.39 is 30.1 Å². The molecule has 0 bridgehead atoms. The Bertz CT molecular complexity index is 1330. The molecule has 0 saturated heterocycles. The molecule has 1 unspecified atom stereocenters. The van der Waals surface area contributed by atoms with Crippen molar-refractivity contribution in [3.05, 3.63) is 95.3 Å². The van der Waals surface area contributed by atoms with E-state index in [9.17, 15) is 18.8 Å². The van der Waals surface area contributed by atoms with Crippen molar-refractivity contribution in [2.24, 2.45) is 4.99 Å². The Morgan fingerprint density at radius 2 is 1.83 bits per heavy atom. The zero-order valence-corrected chi connectivity index (χ0v) is 19.8. The first-order chi connectivity index (χ1) is 17.4. The first-order valence-electron chi connectivity index (χ1n) is 11.4. The van der Waals surface area contributed by atoms with E-state index in [1.807, 2.05) is 13.0 Å². The minimum absolute atomic E-state index is 0.143. The summed E-state index contributed by atoms with van der Waals surface area (Å²) in [5.41, 5.74) is 2.47. The number of carbonyl (C=O) groups excluding carboxylic acids is 3. The van der Waals surface area contributed by atoms with Gasteiger partial charge in [0.25, 0.3) is 5.91 Å². The smallest absolute Gasteiger partial charge is 0.321 e. The molecule has 8 nitrogen and oxygen atoms in total. The highest BCUT2D eigenvalue weighted by molar-refractivity contribution is 6.21. The summed E-state index contributed by atoms with van der Waals surface area (Å²) in [6, 6.07) is 19.1. The van der Waals surface area contributed by atoms with Gasteiger partial charge >= 0.3 is 6.03 Å². The van der Waals surface area contributed by atoms with E-state index in [0.717, 1.165) is 10.5 Å². The van der Waals surface area contributed by atoms with Crippen molar-refractivity contribution in [2.75, 3.05) is 16.8 Å². The molecule has 1 aliphatic heterocycles. The molecule has 0 fully saturated rings. The van der Waals surface area contributed by atoms with Crippen LogP contribution in [-0.4, -0.2) is 42.9 Å². The lowest BCUT2D eigenvalue weighted by atomic mass is 9.99. The van der Waals surface area contributed by atoms with Crippen molar-refractivity contribution in [2.45, 2.75) is 26.2 Å². The monoisotopic (exact) mass is 488 g/mol. The zero-order valence-electron chi connectivity index (χ0n) is 19.8. The number of benzene rings is 3. The van der Waals surface area contributed by atoms with E-state index in [2.05, 4.69) is 15.6 Å². The SMILES string of the molecule is CCOC(C=O)N1C(=O)[C@H](NC(=O)Nc2cccc(C)c2)N=C(c2ccccc2F)c2ccccc21. The standard InChI is InChI=1S/C27H25FN4O4/c1-3-36-23(16-33)32-22-14-7-5-12-20(22)24(19-11-4-6-13-21(19)28)30-25(26(32)34)31-27(35)29-18-10-8-9-17(2)15-18/h4-16,23,25H,3H2,1-2H3,(H2,29,31,35)/t23?,25-/m0/s1. The number of aldehydes is 1. The summed E-state index contributed by atoms with van der Waals surface area (Å²) in [6.45, 7) is 3.73. The number of rotatable bonds is 7. The third-order valence-corrected chi connectivity index (χ3v) is 5.53. The summed E-state index contributed by atoms with van der Waals surface area (Å²) < 4.78 is 20.4. The van der Waals surface area contributed by atoms with E-state index in [1.165, 1.54) is 12.1 Å². The molecular formula is C27H25FN4O4. The highest BCUT2D eigenvalue weighted by Crippen LogP contribution is 2.30. The fraction of sp³-hybridized carbons (Fsp3) is 0.185. The lowest BCUT2D eigenvalue weighted by Gasteiger charge is -2.29. The molecular weight excluding hydrogens is 463 g/mol. The number of para-hydroxylation sites is 1. The molecule has 3 amide bonds. The molecule has 184 valence electrons. The molecule has 0 spiro atoms. The molecule has 0 aliphatic carbocycles. The van der Waals surface area contributed by atoms with Gasteiger partial charge in [-0.1, -0.05) is 42.5 Å². The Morgan fingerprint density at radius 1 is 1.11 bits per heavy atom. The van der Waals surface area contributed by atoms with Gasteiger partial charge in [-0.05, 0) is 49.7 Å². The van der Waals surface area contributed by atoms with Gasteiger partial charge in [-0.15, -0.1) is 0 Å². The Labute approximate surface area is 207 Å². The van der Waals surface area contributed by atoms with Crippen molar-refractivity contribution in [3.8, 4) is 0 Å². The van der Waals surface area contributed by atoms with E-state index in [1.54, 1.807) is 61.5 Å². The van der Waals surface area contributed by atoms with E-state index in [0.29, 0.717) is 23.2 Å². The normalized spacial score (nSPS) is 15.9. The van der Waals surface area contributed by atoms with Gasteiger partial charge in [0.15, 0.2) is 12.5 Å². The number of nitrogens with one attached hydrogen (secondary N) is 2. The zero-order chi connectivity index (χ0) is 25.7. The van der Waals surface area contributed by atoms with Crippen molar-refractivity contribution in [3.63, 3.8) is 0 Å². The maximum Gasteiger partial charge on any atom is 0.321 e. The Kier molecular flexibility index (Phi) is 7.50. The summed E-state index contributed by atoms with van der Waals surface area (Å²) >= 11 is 0. The van der Waals surface area contributed by atoms with Gasteiger partial charge in [0.2, 0.25) is 6.17 Å². The van der Waals surface area contributed by atoms with Crippen molar-refractivity contribution in [1.29, 1.82) is 0 Å². The minimum atomic E-state index is -1.47. The average molecular weight is 489 g/mol. The van der Waals surface area contributed by atoms with Gasteiger partial charge in [-0.3, -0.25) is 14.5 Å². The lowest BCUT2D eigenvalue weighted by Crippen LogP contribution is -2.53. The van der Waals surface area contributed by atoms with Gasteiger partial charge in [0, 0.05) is 23.4 Å². The van der Waals surface area contributed by atoms with Gasteiger partial charge in [0.1, 0.15) is 5.82 Å². The summed E-state index contributed by atoms with van der Waals surface area (Å²) in [4.78, 5) is 44.2. The second kappa shape index (κ2) is 10.9. The predicted octanol–water partition coefficient (Wildman–Crippen LogP) is 4.03. The first-order valence-corrected chi connectivity index (χ1v) is 11.4. The molecule has 3 aromatic carbocycles. The number of halogens is 1. The van der Waals surface area contributed by atoms with Gasteiger partial charge in [0.05, 0.1) is 11.4 Å². The quantitative estimate of drug-likeness (QED) is 0.491. The van der Waals surface area contributed by atoms with E-state index in [4.69, 9.17) is 4.74 Å². The molecule has 36 heavy (non-hydrogen) atoms. The number of aliphatic imine (C=N–C) groups is 1. The van der Waals surface area contributed by atoms with Crippen molar-refractivity contribution >= 4 is 35.3 Å². The Morgan fingerprint density at radius 3 is 2.53 bits per heavy atom. The van der Waals surface area contributed by atoms with Crippen LogP contribution in [0.15, 0.2) is 77.8 Å². The fourth-order valence-corrected chi connectivity index (χ4v) is 3.97. The van der Waals surface area contributed by atoms with Crippen molar-refractivity contribution in [1.82, 2.24) is 5.32 Å². The van der Waals surface area contributed by atoms with Crippen LogP contribution in [0.3, 0.4) is 0 Å². The number of ether oxygens (including phenoxy) is 1. The number of carbonyl (C=O) groups is 3. The van der Waals surface area contributed by atoms with Crippen LogP contribution < -0.4 is 15.5 Å². The van der Waals surface area contributed by atoms with Crippen LogP contribution in [0.1, 0.15) is 23.6 Å². The minimum Gasteiger partial charge on any atom is -0.351 e. The average Bonchev–Trinajstić information content (AvgIpc) is 2.98. The summed E-state index contributed by atoms with van der Waals surface area (Å²) in [7, 11) is 0. The topological polar surface area (TPSA) is 100 Å². The summed E-state index contributed by atoms with van der Waals surface area (Å²) in [5, 5.41) is 5.24. The van der Waals surface area contributed by atoms with Crippen LogP contribution in [0.2, 0.25) is 0 Å². The van der Waals surface area contributed by atoms with Crippen LogP contribution in [0, 0.1) is 12.7 Å². The molecule has 1 aliphatic rings. The molecule has 2 N–H and O–H groups in total. The summed E-state index contributed by atoms with van der Waals surface area (Å²) in [5.74, 6) is -1.26. The molecule has 0 radical (unpaired) electrons. The number of benzodiazepines with no additional fused rings is 1. The number of fused-ring (bicyclic) bond motifs is 1. The molecule has 4 rings (SSSR count). The molecule has 0 aromatic heterocycles. The van der Waals surface area contributed by atoms with E-state index in [-0.39, 0.29) is 17.9 Å². The summed E-state index contributed by atoms with van der Waals surface area (Å²) in [6.07, 6.45) is -2.25. The highest BCUT2D eigenvalue weighted by Gasteiger charge is 2.37. The first kappa shape index (κ1) is 24.7. The van der Waals surface area contributed by atoms with Crippen LogP contribution in [-0.2, 0) is 14.3 Å². The molecule has 1 heterocycles. The van der Waals surface area contributed by atoms with E-state index >= 15 is 0 Å². The molecule has 9 heteroatoms. The van der Waals surface area contributed by atoms with Crippen LogP contribution in [0.25, 0.3) is 0 Å². The Hall–Kier alpha value is -4.37. The maximum absolute atomic E-state index is 14.9. The number of hydrogen-bond acceptors (Lipinski definition) is 5. The van der Waals surface area contributed by atoms with Crippen LogP contribution in [0.4, 0.5) is 20.6 Å². The second-order valence-corrected chi connectivity index (χ2v) is 8.04. The lowest BCUT2D eigenvalue weighted by molar-refractivity contribution is -0.128. The highest BCUT2D eigenvalue weighted by atomic mass is 19.1. The van der Waals surface area contributed by atoms with Crippen molar-refractivity contribution < 1.29 is 23.5 Å². The molecule has 2 atom stereocenters. The van der Waals surface area contributed by atoms with Crippen LogP contribution in [0.5, 0.6) is 0 Å². The number of aryl methyl sites for hydroxylation is 1. The Balaban J connectivity index is 1.81. The van der Waals surface area contributed by atoms with Gasteiger partial charge in [-0.25, -0.2) is 14.2 Å². The molecule has 0 saturated carbocycles. The van der Waals surface area contributed by atoms with Gasteiger partial charge in [-0.2, -0.15) is 0 Å². The fourth-order valence-electron chi connectivity index (χ4n) is 3.97. The number of nitrogens with zero attached hydrogens (tertiary/aromatic N) is 2. The van der Waals surface area contributed by atoms with Gasteiger partial charge < -0.3 is 15.4 Å². The molecule has 3 aromatic rings. The number of amides is 3. The predicted molar refractivity (Wildman–Crippen MR) is 135 cm³/mol. The number of hydrogen-bond donors (Lipinski definition) is 2. The van der Waals surface area contributed by atoms with Crippen LogP contribution >= 0.6 is 0 Å².